The molecule has 0 atom stereocenters. The fourth-order valence-corrected chi connectivity index (χ4v) is 6.22. The average Bonchev–Trinajstić information content (AvgIpc) is 3.16. The number of thioether (sulfide) groups is 1. The fourth-order valence-electron chi connectivity index (χ4n) is 4.01. The first-order chi connectivity index (χ1) is 15.5. The zero-order chi connectivity index (χ0) is 22.7. The SMILES string of the molecule is COC(=O)c1c(NC(=O)CCSc2cc(C)c3cccc(OC)c3n2)sc2c1CCCC2. The summed E-state index contributed by atoms with van der Waals surface area (Å²) >= 11 is 3.04. The van der Waals surface area contributed by atoms with Crippen LogP contribution in [0.15, 0.2) is 29.3 Å². The van der Waals surface area contributed by atoms with Crippen molar-refractivity contribution in [3.8, 4) is 5.75 Å². The van der Waals surface area contributed by atoms with Crippen LogP contribution < -0.4 is 10.1 Å². The summed E-state index contributed by atoms with van der Waals surface area (Å²) < 4.78 is 10.4. The molecule has 168 valence electrons. The molecule has 1 amide bonds. The second-order valence-electron chi connectivity index (χ2n) is 7.69. The van der Waals surface area contributed by atoms with Crippen molar-refractivity contribution in [2.24, 2.45) is 0 Å². The number of anilines is 1. The van der Waals surface area contributed by atoms with E-state index in [-0.39, 0.29) is 11.9 Å². The number of pyridine rings is 1. The molecule has 0 fully saturated rings. The normalized spacial score (nSPS) is 13.0. The second kappa shape index (κ2) is 9.92. The van der Waals surface area contributed by atoms with Crippen LogP contribution in [0.2, 0.25) is 0 Å². The van der Waals surface area contributed by atoms with Gasteiger partial charge in [0, 0.05) is 22.4 Å². The number of hydrogen-bond donors (Lipinski definition) is 1. The van der Waals surface area contributed by atoms with E-state index in [1.54, 1.807) is 7.11 Å². The van der Waals surface area contributed by atoms with Gasteiger partial charge in [0.2, 0.25) is 5.91 Å². The molecule has 0 unspecified atom stereocenters. The van der Waals surface area contributed by atoms with Crippen molar-refractivity contribution in [2.75, 3.05) is 25.3 Å². The number of fused-ring (bicyclic) bond motifs is 2. The number of carbonyl (C=O) groups excluding carboxylic acids is 2. The third-order valence-corrected chi connectivity index (χ3v) is 7.72. The number of methoxy groups -OCH3 is 2. The number of rotatable bonds is 7. The monoisotopic (exact) mass is 470 g/mol. The Balaban J connectivity index is 1.43. The van der Waals surface area contributed by atoms with Gasteiger partial charge in [0.15, 0.2) is 0 Å². The summed E-state index contributed by atoms with van der Waals surface area (Å²) in [5, 5.41) is 5.48. The van der Waals surface area contributed by atoms with E-state index >= 15 is 0 Å². The van der Waals surface area contributed by atoms with Crippen molar-refractivity contribution in [1.82, 2.24) is 4.98 Å². The number of aromatic nitrogens is 1. The lowest BCUT2D eigenvalue weighted by Gasteiger charge is -2.11. The molecule has 1 aromatic carbocycles. The van der Waals surface area contributed by atoms with Crippen LogP contribution in [0.25, 0.3) is 10.9 Å². The van der Waals surface area contributed by atoms with Crippen LogP contribution in [-0.2, 0) is 22.4 Å². The van der Waals surface area contributed by atoms with E-state index in [9.17, 15) is 9.59 Å². The zero-order valence-corrected chi connectivity index (χ0v) is 20.1. The Labute approximate surface area is 195 Å². The summed E-state index contributed by atoms with van der Waals surface area (Å²) in [6, 6.07) is 7.92. The first kappa shape index (κ1) is 22.6. The van der Waals surface area contributed by atoms with Crippen LogP contribution in [0, 0.1) is 6.92 Å². The van der Waals surface area contributed by atoms with Gasteiger partial charge < -0.3 is 14.8 Å². The first-order valence-electron chi connectivity index (χ1n) is 10.6. The molecule has 32 heavy (non-hydrogen) atoms. The largest absolute Gasteiger partial charge is 0.494 e. The molecule has 0 radical (unpaired) electrons. The number of benzene rings is 1. The Morgan fingerprint density at radius 1 is 1.22 bits per heavy atom. The third-order valence-electron chi connectivity index (χ3n) is 5.60. The van der Waals surface area contributed by atoms with Crippen molar-refractivity contribution in [2.45, 2.75) is 44.1 Å². The van der Waals surface area contributed by atoms with Gasteiger partial charge in [-0.05, 0) is 55.9 Å². The molecular formula is C24H26N2O4S2. The summed E-state index contributed by atoms with van der Waals surface area (Å²) in [7, 11) is 3.02. The Hall–Kier alpha value is -2.58. The van der Waals surface area contributed by atoms with Crippen molar-refractivity contribution in [1.29, 1.82) is 0 Å². The van der Waals surface area contributed by atoms with Crippen molar-refractivity contribution >= 4 is 50.9 Å². The summed E-state index contributed by atoms with van der Waals surface area (Å²) in [6.45, 7) is 2.05. The first-order valence-corrected chi connectivity index (χ1v) is 12.4. The Bertz CT molecular complexity index is 1170. The molecule has 8 heteroatoms. The highest BCUT2D eigenvalue weighted by Crippen LogP contribution is 2.38. The highest BCUT2D eigenvalue weighted by Gasteiger charge is 2.26. The number of nitrogens with zero attached hydrogens (tertiary/aromatic N) is 1. The number of nitrogens with one attached hydrogen (secondary N) is 1. The van der Waals surface area contributed by atoms with E-state index in [1.165, 1.54) is 35.1 Å². The van der Waals surface area contributed by atoms with Gasteiger partial charge in [0.05, 0.1) is 24.8 Å². The van der Waals surface area contributed by atoms with Gasteiger partial charge in [-0.15, -0.1) is 23.1 Å². The van der Waals surface area contributed by atoms with E-state index in [0.717, 1.165) is 58.5 Å². The maximum absolute atomic E-state index is 12.6. The number of hydrogen-bond acceptors (Lipinski definition) is 7. The predicted molar refractivity (Wildman–Crippen MR) is 129 cm³/mol. The van der Waals surface area contributed by atoms with Crippen molar-refractivity contribution < 1.29 is 19.1 Å². The quantitative estimate of drug-likeness (QED) is 0.368. The van der Waals surface area contributed by atoms with Gasteiger partial charge in [-0.3, -0.25) is 4.79 Å². The van der Waals surface area contributed by atoms with Crippen LogP contribution in [-0.4, -0.2) is 36.8 Å². The molecule has 3 aromatic rings. The molecule has 2 aromatic heterocycles. The van der Waals surface area contributed by atoms with Crippen LogP contribution in [0.3, 0.4) is 0 Å². The molecule has 0 saturated carbocycles. The molecule has 2 heterocycles. The second-order valence-corrected chi connectivity index (χ2v) is 9.91. The Morgan fingerprint density at radius 3 is 2.81 bits per heavy atom. The summed E-state index contributed by atoms with van der Waals surface area (Å²) in [5.74, 6) is 0.829. The van der Waals surface area contributed by atoms with Gasteiger partial charge >= 0.3 is 5.97 Å². The lowest BCUT2D eigenvalue weighted by atomic mass is 9.95. The summed E-state index contributed by atoms with van der Waals surface area (Å²) in [5.41, 5.74) is 3.52. The number of ether oxygens (including phenoxy) is 2. The molecule has 0 spiro atoms. The predicted octanol–water partition coefficient (Wildman–Crippen LogP) is 5.40. The van der Waals surface area contributed by atoms with Gasteiger partial charge in [0.1, 0.15) is 16.3 Å². The molecule has 0 bridgehead atoms. The van der Waals surface area contributed by atoms with Crippen molar-refractivity contribution in [3.05, 3.63) is 45.8 Å². The molecule has 1 aliphatic carbocycles. The molecule has 4 rings (SSSR count). The minimum atomic E-state index is -0.376. The minimum absolute atomic E-state index is 0.114. The van der Waals surface area contributed by atoms with E-state index in [0.29, 0.717) is 22.7 Å². The van der Waals surface area contributed by atoms with Gasteiger partial charge in [-0.25, -0.2) is 9.78 Å². The van der Waals surface area contributed by atoms with Crippen LogP contribution in [0.4, 0.5) is 5.00 Å². The number of aryl methyl sites for hydroxylation is 2. The number of amides is 1. The van der Waals surface area contributed by atoms with E-state index in [1.807, 2.05) is 31.2 Å². The van der Waals surface area contributed by atoms with E-state index in [2.05, 4.69) is 5.32 Å². The van der Waals surface area contributed by atoms with Crippen LogP contribution in [0.5, 0.6) is 5.75 Å². The van der Waals surface area contributed by atoms with Gasteiger partial charge in [-0.2, -0.15) is 0 Å². The third kappa shape index (κ3) is 4.61. The van der Waals surface area contributed by atoms with Crippen LogP contribution >= 0.6 is 23.1 Å². The molecule has 1 aliphatic rings. The lowest BCUT2D eigenvalue weighted by Crippen LogP contribution is -2.15. The Kier molecular flexibility index (Phi) is 7.01. The number of carbonyl (C=O) groups is 2. The van der Waals surface area contributed by atoms with E-state index in [4.69, 9.17) is 14.5 Å². The zero-order valence-electron chi connectivity index (χ0n) is 18.4. The number of esters is 1. The molecule has 1 N–H and O–H groups in total. The highest BCUT2D eigenvalue weighted by atomic mass is 32.2. The van der Waals surface area contributed by atoms with Crippen molar-refractivity contribution in [3.63, 3.8) is 0 Å². The Morgan fingerprint density at radius 2 is 2.03 bits per heavy atom. The van der Waals surface area contributed by atoms with Gasteiger partial charge in [-0.1, -0.05) is 12.1 Å². The lowest BCUT2D eigenvalue weighted by molar-refractivity contribution is -0.115. The molecule has 6 nitrogen and oxygen atoms in total. The van der Waals surface area contributed by atoms with E-state index < -0.39 is 0 Å². The minimum Gasteiger partial charge on any atom is -0.494 e. The maximum atomic E-state index is 12.6. The number of para-hydroxylation sites is 1. The molecular weight excluding hydrogens is 444 g/mol. The van der Waals surface area contributed by atoms with Gasteiger partial charge in [0.25, 0.3) is 0 Å². The smallest absolute Gasteiger partial charge is 0.341 e. The summed E-state index contributed by atoms with van der Waals surface area (Å²) in [6.07, 6.45) is 4.30. The standard InChI is InChI=1S/C24H26N2O4S2/c1-14-13-20(26-22-15(14)8-6-9-17(22)29-2)31-12-11-19(27)25-23-21(24(28)30-3)16-7-4-5-10-18(16)32-23/h6,8-9,13H,4-5,7,10-12H2,1-3H3,(H,25,27). The van der Waals surface area contributed by atoms with Crippen LogP contribution in [0.1, 0.15) is 45.6 Å². The number of thiophene rings is 1. The average molecular weight is 471 g/mol. The fraction of sp³-hybridized carbons (Fsp3) is 0.375. The highest BCUT2D eigenvalue weighted by molar-refractivity contribution is 7.99. The summed E-state index contributed by atoms with van der Waals surface area (Å²) in [4.78, 5) is 30.9. The maximum Gasteiger partial charge on any atom is 0.341 e. The topological polar surface area (TPSA) is 77.5 Å². The molecule has 0 aliphatic heterocycles. The molecule has 0 saturated heterocycles.